The number of sulfonamides is 1. The molecule has 0 bridgehead atoms. The first kappa shape index (κ1) is 14.3. The van der Waals surface area contributed by atoms with Crippen LogP contribution < -0.4 is 0 Å². The maximum atomic E-state index is 12.7. The summed E-state index contributed by atoms with van der Waals surface area (Å²) in [6.45, 7) is 0. The second-order valence-corrected chi connectivity index (χ2v) is 8.51. The number of carboxylic acids is 1. The Morgan fingerprint density at radius 1 is 1.05 bits per heavy atom. The fourth-order valence-electron chi connectivity index (χ4n) is 3.89. The van der Waals surface area contributed by atoms with Crippen molar-refractivity contribution in [2.45, 2.75) is 63.5 Å². The Kier molecular flexibility index (Phi) is 3.79. The summed E-state index contributed by atoms with van der Waals surface area (Å²) in [7, 11) is -3.43. The van der Waals surface area contributed by atoms with Gasteiger partial charge >= 0.3 is 5.97 Å². The first-order valence-electron chi connectivity index (χ1n) is 7.73. The Hall–Kier alpha value is -0.620. The Bertz CT molecular complexity index is 485. The zero-order chi connectivity index (χ0) is 14.3. The van der Waals surface area contributed by atoms with Gasteiger partial charge in [0.2, 0.25) is 10.0 Å². The van der Waals surface area contributed by atoms with Crippen molar-refractivity contribution in [2.24, 2.45) is 11.8 Å². The van der Waals surface area contributed by atoms with Gasteiger partial charge < -0.3 is 5.11 Å². The summed E-state index contributed by atoms with van der Waals surface area (Å²) in [5, 5.41) is 9.41. The number of rotatable bonds is 4. The van der Waals surface area contributed by atoms with Gasteiger partial charge in [-0.05, 0) is 50.4 Å². The van der Waals surface area contributed by atoms with Crippen LogP contribution in [0.4, 0.5) is 0 Å². The average molecular weight is 301 g/mol. The van der Waals surface area contributed by atoms with E-state index in [0.29, 0.717) is 12.3 Å². The molecule has 1 aliphatic heterocycles. The molecule has 1 N–H and O–H groups in total. The quantitative estimate of drug-likeness (QED) is 0.859. The third-order valence-electron chi connectivity index (χ3n) is 5.06. The highest BCUT2D eigenvalue weighted by atomic mass is 32.2. The minimum absolute atomic E-state index is 0.0673. The highest BCUT2D eigenvalue weighted by molar-refractivity contribution is 7.89. The molecular weight excluding hydrogens is 278 g/mol. The van der Waals surface area contributed by atoms with Gasteiger partial charge in [-0.2, -0.15) is 4.31 Å². The Morgan fingerprint density at radius 3 is 2.40 bits per heavy atom. The van der Waals surface area contributed by atoms with E-state index in [0.717, 1.165) is 44.9 Å². The summed E-state index contributed by atoms with van der Waals surface area (Å²) in [5.41, 5.74) is 0. The summed E-state index contributed by atoms with van der Waals surface area (Å²) < 4.78 is 26.7. The monoisotopic (exact) mass is 301 g/mol. The van der Waals surface area contributed by atoms with Gasteiger partial charge in [-0.25, -0.2) is 8.42 Å². The highest BCUT2D eigenvalue weighted by Crippen LogP contribution is 2.41. The minimum atomic E-state index is -3.43. The van der Waals surface area contributed by atoms with E-state index in [1.54, 1.807) is 0 Å². The Balaban J connectivity index is 1.88. The number of fused-ring (bicyclic) bond motifs is 1. The maximum absolute atomic E-state index is 12.7. The number of carboxylic acid groups (broad SMARTS) is 1. The number of hydrogen-bond acceptors (Lipinski definition) is 3. The van der Waals surface area contributed by atoms with E-state index in [-0.39, 0.29) is 17.7 Å². The fourth-order valence-corrected chi connectivity index (χ4v) is 6.27. The van der Waals surface area contributed by atoms with Crippen LogP contribution in [-0.4, -0.2) is 41.6 Å². The molecule has 2 saturated carbocycles. The van der Waals surface area contributed by atoms with Gasteiger partial charge in [0.15, 0.2) is 0 Å². The normalized spacial score (nSPS) is 35.5. The first-order chi connectivity index (χ1) is 9.49. The van der Waals surface area contributed by atoms with Crippen molar-refractivity contribution in [1.29, 1.82) is 0 Å². The molecular formula is C14H23NO4S. The number of nitrogens with zero attached hydrogens (tertiary/aromatic N) is 1. The molecule has 0 amide bonds. The molecule has 0 spiro atoms. The molecule has 0 aromatic rings. The lowest BCUT2D eigenvalue weighted by molar-refractivity contribution is -0.144. The first-order valence-corrected chi connectivity index (χ1v) is 9.34. The van der Waals surface area contributed by atoms with E-state index in [1.165, 1.54) is 4.31 Å². The predicted molar refractivity (Wildman–Crippen MR) is 74.8 cm³/mol. The molecule has 114 valence electrons. The molecule has 6 heteroatoms. The van der Waals surface area contributed by atoms with Gasteiger partial charge in [0.25, 0.3) is 0 Å². The number of hydrogen-bond donors (Lipinski definition) is 1. The van der Waals surface area contributed by atoms with Gasteiger partial charge in [0.1, 0.15) is 6.04 Å². The Labute approximate surface area is 120 Å². The van der Waals surface area contributed by atoms with Crippen LogP contribution in [0.25, 0.3) is 0 Å². The van der Waals surface area contributed by atoms with Gasteiger partial charge in [0.05, 0.1) is 5.75 Å². The summed E-state index contributed by atoms with van der Waals surface area (Å²) >= 11 is 0. The molecule has 3 unspecified atom stereocenters. The number of piperidine rings is 1. The van der Waals surface area contributed by atoms with Crippen LogP contribution >= 0.6 is 0 Å². The van der Waals surface area contributed by atoms with Crippen LogP contribution in [0.3, 0.4) is 0 Å². The third kappa shape index (κ3) is 2.72. The van der Waals surface area contributed by atoms with Crippen molar-refractivity contribution in [3.63, 3.8) is 0 Å². The van der Waals surface area contributed by atoms with Crippen molar-refractivity contribution in [2.75, 3.05) is 5.75 Å². The van der Waals surface area contributed by atoms with Gasteiger partial charge in [-0.3, -0.25) is 4.79 Å². The largest absolute Gasteiger partial charge is 0.480 e. The van der Waals surface area contributed by atoms with E-state index < -0.39 is 22.0 Å². The molecule has 1 heterocycles. The standard InChI is InChI=1S/C14H23NO4S/c16-14(17)13-8-7-11-3-1-2-4-12(11)15(13)20(18,19)9-10-5-6-10/h10-13H,1-9H2,(H,16,17). The average Bonchev–Trinajstić information content (AvgIpc) is 3.20. The molecule has 0 radical (unpaired) electrons. The summed E-state index contributed by atoms with van der Waals surface area (Å²) in [6.07, 6.45) is 7.32. The predicted octanol–water partition coefficient (Wildman–Crippen LogP) is 1.83. The molecule has 0 aromatic carbocycles. The van der Waals surface area contributed by atoms with Crippen LogP contribution in [0.15, 0.2) is 0 Å². The van der Waals surface area contributed by atoms with E-state index in [9.17, 15) is 18.3 Å². The van der Waals surface area contributed by atoms with Gasteiger partial charge in [-0.1, -0.05) is 12.8 Å². The molecule has 20 heavy (non-hydrogen) atoms. The highest BCUT2D eigenvalue weighted by Gasteiger charge is 2.48. The third-order valence-corrected chi connectivity index (χ3v) is 7.12. The molecule has 1 saturated heterocycles. The lowest BCUT2D eigenvalue weighted by atomic mass is 9.78. The minimum Gasteiger partial charge on any atom is -0.480 e. The van der Waals surface area contributed by atoms with Crippen molar-refractivity contribution in [3.05, 3.63) is 0 Å². The van der Waals surface area contributed by atoms with Gasteiger partial charge in [-0.15, -0.1) is 0 Å². The number of carbonyl (C=O) groups is 1. The number of aliphatic carboxylic acids is 1. The lowest BCUT2D eigenvalue weighted by Gasteiger charge is -2.46. The van der Waals surface area contributed by atoms with Crippen LogP contribution in [0.5, 0.6) is 0 Å². The molecule has 5 nitrogen and oxygen atoms in total. The second-order valence-electron chi connectivity index (χ2n) is 6.60. The molecule has 3 fully saturated rings. The zero-order valence-corrected chi connectivity index (χ0v) is 12.5. The maximum Gasteiger partial charge on any atom is 0.322 e. The smallest absolute Gasteiger partial charge is 0.322 e. The van der Waals surface area contributed by atoms with Crippen molar-refractivity contribution in [1.82, 2.24) is 4.31 Å². The second kappa shape index (κ2) is 5.30. The lowest BCUT2D eigenvalue weighted by Crippen LogP contribution is -2.57. The van der Waals surface area contributed by atoms with Crippen molar-refractivity contribution < 1.29 is 18.3 Å². The van der Waals surface area contributed by atoms with Crippen LogP contribution in [0, 0.1) is 11.8 Å². The summed E-state index contributed by atoms with van der Waals surface area (Å²) in [4.78, 5) is 11.5. The fraction of sp³-hybridized carbons (Fsp3) is 0.929. The summed E-state index contributed by atoms with van der Waals surface area (Å²) in [5.74, 6) is -0.194. The molecule has 2 aliphatic carbocycles. The molecule has 3 rings (SSSR count). The van der Waals surface area contributed by atoms with Crippen LogP contribution in [0.2, 0.25) is 0 Å². The van der Waals surface area contributed by atoms with E-state index in [2.05, 4.69) is 0 Å². The van der Waals surface area contributed by atoms with E-state index in [4.69, 9.17) is 0 Å². The van der Waals surface area contributed by atoms with Crippen LogP contribution in [0.1, 0.15) is 51.4 Å². The summed E-state index contributed by atoms with van der Waals surface area (Å²) in [6, 6.07) is -0.902. The van der Waals surface area contributed by atoms with Crippen LogP contribution in [-0.2, 0) is 14.8 Å². The van der Waals surface area contributed by atoms with Crippen molar-refractivity contribution in [3.8, 4) is 0 Å². The topological polar surface area (TPSA) is 74.7 Å². The SMILES string of the molecule is O=C(O)C1CCC2CCCCC2N1S(=O)(=O)CC1CC1. The zero-order valence-electron chi connectivity index (χ0n) is 11.7. The van der Waals surface area contributed by atoms with Gasteiger partial charge in [0, 0.05) is 6.04 Å². The molecule has 0 aromatic heterocycles. The van der Waals surface area contributed by atoms with Crippen molar-refractivity contribution >= 4 is 16.0 Å². The Morgan fingerprint density at radius 2 is 1.75 bits per heavy atom. The molecule has 3 atom stereocenters. The molecule has 3 aliphatic rings. The van der Waals surface area contributed by atoms with E-state index >= 15 is 0 Å². The van der Waals surface area contributed by atoms with E-state index in [1.807, 2.05) is 0 Å².